The quantitative estimate of drug-likeness (QED) is 0.855. The molecular weight excluding hydrogens is 256 g/mol. The number of carboxylic acids is 1. The van der Waals surface area contributed by atoms with Gasteiger partial charge in [-0.15, -0.1) is 0 Å². The second kappa shape index (κ2) is 4.74. The van der Waals surface area contributed by atoms with E-state index in [1.54, 1.807) is 6.92 Å². The number of carboxylic acid groups (broad SMARTS) is 1. The number of aromatic amines is 1. The summed E-state index contributed by atoms with van der Waals surface area (Å²) in [7, 11) is -3.72. The topological polar surface area (TPSA) is 90.5 Å². The van der Waals surface area contributed by atoms with Crippen LogP contribution in [0.25, 0.3) is 0 Å². The van der Waals surface area contributed by atoms with E-state index in [1.807, 2.05) is 0 Å². The summed E-state index contributed by atoms with van der Waals surface area (Å²) in [5.41, 5.74) is 0. The van der Waals surface area contributed by atoms with Crippen LogP contribution in [0.5, 0.6) is 0 Å². The van der Waals surface area contributed by atoms with Gasteiger partial charge in [0.15, 0.2) is 0 Å². The molecule has 0 saturated carbocycles. The van der Waals surface area contributed by atoms with Gasteiger partial charge in [-0.25, -0.2) is 8.42 Å². The molecule has 0 bridgehead atoms. The Balaban J connectivity index is 2.39. The zero-order chi connectivity index (χ0) is 13.3. The Bertz CT molecular complexity index is 523. The molecule has 2 rings (SSSR count). The van der Waals surface area contributed by atoms with Crippen molar-refractivity contribution in [3.8, 4) is 0 Å². The number of carbonyl (C=O) groups is 1. The Morgan fingerprint density at radius 2 is 2.28 bits per heavy atom. The average Bonchev–Trinajstić information content (AvgIpc) is 2.82. The number of nitrogens with zero attached hydrogens (tertiary/aromatic N) is 1. The van der Waals surface area contributed by atoms with Gasteiger partial charge in [-0.2, -0.15) is 4.31 Å². The van der Waals surface area contributed by atoms with Crippen molar-refractivity contribution in [3.63, 3.8) is 0 Å². The fraction of sp³-hybridized carbons (Fsp3) is 0.545. The normalized spacial score (nSPS) is 26.1. The Labute approximate surface area is 106 Å². The van der Waals surface area contributed by atoms with Gasteiger partial charge in [0.1, 0.15) is 6.04 Å². The number of sulfonamides is 1. The lowest BCUT2D eigenvalue weighted by Gasteiger charge is -2.35. The zero-order valence-electron chi connectivity index (χ0n) is 10.0. The highest BCUT2D eigenvalue weighted by Gasteiger charge is 2.41. The first kappa shape index (κ1) is 13.1. The number of aliphatic carboxylic acids is 1. The second-order valence-corrected chi connectivity index (χ2v) is 6.46. The maximum absolute atomic E-state index is 12.4. The maximum atomic E-state index is 12.4. The Morgan fingerprint density at radius 3 is 2.83 bits per heavy atom. The molecule has 1 aliphatic rings. The molecule has 1 saturated heterocycles. The minimum Gasteiger partial charge on any atom is -0.480 e. The standard InChI is InChI=1S/C11H16N2O4S/c1-8-3-2-6-13(10(8)11(14)15)18(16,17)9-4-5-12-7-9/h4-5,7-8,10,12H,2-3,6H2,1H3,(H,14,15). The van der Waals surface area contributed by atoms with Gasteiger partial charge in [-0.1, -0.05) is 6.92 Å². The lowest BCUT2D eigenvalue weighted by Crippen LogP contribution is -2.51. The van der Waals surface area contributed by atoms with Crippen molar-refractivity contribution in [1.82, 2.24) is 9.29 Å². The van der Waals surface area contributed by atoms with E-state index in [4.69, 9.17) is 0 Å². The van der Waals surface area contributed by atoms with E-state index in [9.17, 15) is 18.3 Å². The van der Waals surface area contributed by atoms with Crippen molar-refractivity contribution in [2.24, 2.45) is 5.92 Å². The van der Waals surface area contributed by atoms with E-state index in [1.165, 1.54) is 18.5 Å². The van der Waals surface area contributed by atoms with Crippen LogP contribution in [0, 0.1) is 5.92 Å². The highest BCUT2D eigenvalue weighted by Crippen LogP contribution is 2.29. The molecule has 18 heavy (non-hydrogen) atoms. The van der Waals surface area contributed by atoms with Crippen molar-refractivity contribution in [3.05, 3.63) is 18.5 Å². The molecule has 0 aliphatic carbocycles. The largest absolute Gasteiger partial charge is 0.480 e. The van der Waals surface area contributed by atoms with Gasteiger partial charge in [0.2, 0.25) is 10.0 Å². The van der Waals surface area contributed by atoms with Crippen molar-refractivity contribution >= 4 is 16.0 Å². The van der Waals surface area contributed by atoms with E-state index < -0.39 is 22.0 Å². The molecule has 1 fully saturated rings. The summed E-state index contributed by atoms with van der Waals surface area (Å²) in [4.78, 5) is 14.1. The first-order chi connectivity index (χ1) is 8.44. The van der Waals surface area contributed by atoms with Crippen LogP contribution in [0.3, 0.4) is 0 Å². The molecule has 1 aromatic heterocycles. The summed E-state index contributed by atoms with van der Waals surface area (Å²) >= 11 is 0. The molecule has 6 nitrogen and oxygen atoms in total. The number of aromatic nitrogens is 1. The monoisotopic (exact) mass is 272 g/mol. The Hall–Kier alpha value is -1.34. The first-order valence-corrected chi connectivity index (χ1v) is 7.26. The van der Waals surface area contributed by atoms with E-state index in [0.29, 0.717) is 6.42 Å². The zero-order valence-corrected chi connectivity index (χ0v) is 10.9. The predicted molar refractivity (Wildman–Crippen MR) is 64.5 cm³/mol. The van der Waals surface area contributed by atoms with Crippen LogP contribution >= 0.6 is 0 Å². The van der Waals surface area contributed by atoms with Crippen molar-refractivity contribution in [1.29, 1.82) is 0 Å². The summed E-state index contributed by atoms with van der Waals surface area (Å²) in [5, 5.41) is 9.23. The molecule has 0 amide bonds. The number of nitrogens with one attached hydrogen (secondary N) is 1. The third kappa shape index (κ3) is 2.15. The molecular formula is C11H16N2O4S. The average molecular weight is 272 g/mol. The molecule has 1 aromatic rings. The second-order valence-electron chi connectivity index (χ2n) is 4.57. The van der Waals surface area contributed by atoms with Gasteiger partial charge in [-0.05, 0) is 24.8 Å². The van der Waals surface area contributed by atoms with Crippen LogP contribution < -0.4 is 0 Å². The van der Waals surface area contributed by atoms with Crippen LogP contribution in [0.15, 0.2) is 23.4 Å². The van der Waals surface area contributed by atoms with E-state index in [2.05, 4.69) is 4.98 Å². The number of rotatable bonds is 3. The summed E-state index contributed by atoms with van der Waals surface area (Å²) in [6.07, 6.45) is 4.30. The van der Waals surface area contributed by atoms with E-state index in [-0.39, 0.29) is 17.4 Å². The molecule has 2 heterocycles. The van der Waals surface area contributed by atoms with Crippen molar-refractivity contribution in [2.45, 2.75) is 30.7 Å². The summed E-state index contributed by atoms with van der Waals surface area (Å²) in [5.74, 6) is -1.26. The van der Waals surface area contributed by atoms with E-state index in [0.717, 1.165) is 10.7 Å². The van der Waals surface area contributed by atoms with Crippen LogP contribution in [0.4, 0.5) is 0 Å². The lowest BCUT2D eigenvalue weighted by molar-refractivity contribution is -0.144. The minimum absolute atomic E-state index is 0.114. The molecule has 2 N–H and O–H groups in total. The van der Waals surface area contributed by atoms with Gasteiger partial charge in [0.05, 0.1) is 4.90 Å². The van der Waals surface area contributed by atoms with Crippen LogP contribution in [0.2, 0.25) is 0 Å². The summed E-state index contributed by atoms with van der Waals surface area (Å²) < 4.78 is 25.8. The van der Waals surface area contributed by atoms with Gasteiger partial charge >= 0.3 is 5.97 Å². The van der Waals surface area contributed by atoms with Gasteiger partial charge in [0, 0.05) is 18.9 Å². The molecule has 2 unspecified atom stereocenters. The third-order valence-corrected chi connectivity index (χ3v) is 5.19. The number of H-pyrrole nitrogens is 1. The number of hydrogen-bond acceptors (Lipinski definition) is 3. The lowest BCUT2D eigenvalue weighted by atomic mass is 9.93. The Kier molecular flexibility index (Phi) is 3.45. The maximum Gasteiger partial charge on any atom is 0.322 e. The van der Waals surface area contributed by atoms with Crippen LogP contribution in [-0.4, -0.2) is 41.4 Å². The summed E-state index contributed by atoms with van der Waals surface area (Å²) in [6.45, 7) is 2.03. The molecule has 100 valence electrons. The molecule has 7 heteroatoms. The molecule has 0 aromatic carbocycles. The number of piperidine rings is 1. The van der Waals surface area contributed by atoms with Gasteiger partial charge < -0.3 is 10.1 Å². The van der Waals surface area contributed by atoms with Crippen molar-refractivity contribution < 1.29 is 18.3 Å². The predicted octanol–water partition coefficient (Wildman–Crippen LogP) is 0.889. The SMILES string of the molecule is CC1CCCN(S(=O)(=O)c2cc[nH]c2)C1C(=O)O. The smallest absolute Gasteiger partial charge is 0.322 e. The Morgan fingerprint density at radius 1 is 1.56 bits per heavy atom. The van der Waals surface area contributed by atoms with Gasteiger partial charge in [-0.3, -0.25) is 4.79 Å². The third-order valence-electron chi connectivity index (χ3n) is 3.32. The fourth-order valence-electron chi connectivity index (χ4n) is 2.39. The fourth-order valence-corrected chi connectivity index (χ4v) is 4.08. The number of hydrogen-bond donors (Lipinski definition) is 2. The summed E-state index contributed by atoms with van der Waals surface area (Å²) in [6, 6.07) is 0.465. The highest BCUT2D eigenvalue weighted by molar-refractivity contribution is 7.89. The molecule has 0 radical (unpaired) electrons. The minimum atomic E-state index is -3.72. The molecule has 2 atom stereocenters. The van der Waals surface area contributed by atoms with Crippen molar-refractivity contribution in [2.75, 3.05) is 6.54 Å². The van der Waals surface area contributed by atoms with Crippen LogP contribution in [0.1, 0.15) is 19.8 Å². The highest BCUT2D eigenvalue weighted by atomic mass is 32.2. The van der Waals surface area contributed by atoms with Gasteiger partial charge in [0.25, 0.3) is 0 Å². The first-order valence-electron chi connectivity index (χ1n) is 5.82. The molecule has 1 aliphatic heterocycles. The van der Waals surface area contributed by atoms with Crippen LogP contribution in [-0.2, 0) is 14.8 Å². The molecule has 0 spiro atoms. The van der Waals surface area contributed by atoms with E-state index >= 15 is 0 Å².